The van der Waals surface area contributed by atoms with E-state index >= 15 is 0 Å². The van der Waals surface area contributed by atoms with Gasteiger partial charge >= 0.3 is 0 Å². The van der Waals surface area contributed by atoms with Crippen molar-refractivity contribution in [3.05, 3.63) is 16.8 Å². The second kappa shape index (κ2) is 4.57. The summed E-state index contributed by atoms with van der Waals surface area (Å²) in [6.45, 7) is 0.792. The van der Waals surface area contributed by atoms with Crippen LogP contribution in [-0.2, 0) is 4.79 Å². The highest BCUT2D eigenvalue weighted by Gasteiger charge is 2.19. The number of anilines is 1. The number of thiophene rings is 1. The van der Waals surface area contributed by atoms with Crippen LogP contribution in [0, 0.1) is 0 Å². The van der Waals surface area contributed by atoms with Crippen LogP contribution in [0.3, 0.4) is 0 Å². The summed E-state index contributed by atoms with van der Waals surface area (Å²) >= 11 is 1.59. The topological polar surface area (TPSA) is 41.1 Å². The van der Waals surface area contributed by atoms with Crippen molar-refractivity contribution in [2.24, 2.45) is 0 Å². The molecule has 2 N–H and O–H groups in total. The summed E-state index contributed by atoms with van der Waals surface area (Å²) in [7, 11) is 0. The fraction of sp³-hybridized carbons (Fsp3) is 0.500. The smallest absolute Gasteiger partial charge is 0.225 e. The molecule has 1 heterocycles. The van der Waals surface area contributed by atoms with Gasteiger partial charge in [-0.05, 0) is 24.3 Å². The fourth-order valence-corrected chi connectivity index (χ4v) is 1.82. The van der Waals surface area contributed by atoms with Crippen LogP contribution < -0.4 is 10.6 Å². The molecule has 0 aliphatic heterocycles. The van der Waals surface area contributed by atoms with Crippen molar-refractivity contribution in [1.82, 2.24) is 5.32 Å². The molecular weight excluding hydrogens is 196 g/mol. The lowest BCUT2D eigenvalue weighted by Crippen LogP contribution is -2.23. The molecule has 4 heteroatoms. The number of hydrogen-bond donors (Lipinski definition) is 2. The molecule has 0 unspecified atom stereocenters. The molecule has 1 aliphatic rings. The van der Waals surface area contributed by atoms with E-state index in [0.29, 0.717) is 12.5 Å². The second-order valence-electron chi connectivity index (χ2n) is 3.54. The van der Waals surface area contributed by atoms with E-state index in [-0.39, 0.29) is 5.91 Å². The van der Waals surface area contributed by atoms with E-state index in [9.17, 15) is 4.79 Å². The third kappa shape index (κ3) is 3.12. The lowest BCUT2D eigenvalue weighted by atomic mass is 10.3. The van der Waals surface area contributed by atoms with Gasteiger partial charge in [0.1, 0.15) is 0 Å². The SMILES string of the molecule is O=C(CCNC1CC1)Nc1ccsc1. The first-order valence-corrected chi connectivity index (χ1v) is 5.84. The molecule has 3 nitrogen and oxygen atoms in total. The van der Waals surface area contributed by atoms with Crippen LogP contribution in [0.1, 0.15) is 19.3 Å². The van der Waals surface area contributed by atoms with Gasteiger partial charge in [-0.3, -0.25) is 4.79 Å². The van der Waals surface area contributed by atoms with E-state index in [2.05, 4.69) is 10.6 Å². The van der Waals surface area contributed by atoms with Crippen LogP contribution in [0.5, 0.6) is 0 Å². The van der Waals surface area contributed by atoms with Crippen molar-refractivity contribution in [2.75, 3.05) is 11.9 Å². The lowest BCUT2D eigenvalue weighted by molar-refractivity contribution is -0.116. The molecule has 1 amide bonds. The molecule has 1 aromatic heterocycles. The first-order chi connectivity index (χ1) is 6.84. The molecule has 2 rings (SSSR count). The van der Waals surface area contributed by atoms with E-state index in [1.807, 2.05) is 16.8 Å². The Morgan fingerprint density at radius 2 is 2.43 bits per heavy atom. The van der Waals surface area contributed by atoms with E-state index in [4.69, 9.17) is 0 Å². The first-order valence-electron chi connectivity index (χ1n) is 4.90. The van der Waals surface area contributed by atoms with Gasteiger partial charge < -0.3 is 10.6 Å². The standard InChI is InChI=1S/C10H14N2OS/c13-10(3-5-11-8-1-2-8)12-9-4-6-14-7-9/h4,6-8,11H,1-3,5H2,(H,12,13). The Labute approximate surface area is 87.5 Å². The highest BCUT2D eigenvalue weighted by molar-refractivity contribution is 7.08. The highest BCUT2D eigenvalue weighted by Crippen LogP contribution is 2.18. The minimum absolute atomic E-state index is 0.0940. The summed E-state index contributed by atoms with van der Waals surface area (Å²) in [5, 5.41) is 10.0. The number of carbonyl (C=O) groups is 1. The molecule has 0 radical (unpaired) electrons. The maximum atomic E-state index is 11.4. The largest absolute Gasteiger partial charge is 0.325 e. The number of carbonyl (C=O) groups excluding carboxylic acids is 1. The minimum atomic E-state index is 0.0940. The van der Waals surface area contributed by atoms with Gasteiger partial charge in [0.05, 0.1) is 5.69 Å². The van der Waals surface area contributed by atoms with Crippen molar-refractivity contribution in [2.45, 2.75) is 25.3 Å². The third-order valence-electron chi connectivity index (χ3n) is 2.17. The van der Waals surface area contributed by atoms with E-state index < -0.39 is 0 Å². The molecule has 1 fully saturated rings. The summed E-state index contributed by atoms with van der Waals surface area (Å²) in [5.74, 6) is 0.0940. The predicted molar refractivity (Wildman–Crippen MR) is 58.6 cm³/mol. The van der Waals surface area contributed by atoms with Gasteiger partial charge in [0.2, 0.25) is 5.91 Å². The van der Waals surface area contributed by atoms with Gasteiger partial charge in [-0.2, -0.15) is 11.3 Å². The Hall–Kier alpha value is -0.870. The zero-order valence-corrected chi connectivity index (χ0v) is 8.77. The zero-order valence-electron chi connectivity index (χ0n) is 7.95. The van der Waals surface area contributed by atoms with Crippen molar-refractivity contribution in [3.63, 3.8) is 0 Å². The number of hydrogen-bond acceptors (Lipinski definition) is 3. The molecule has 0 spiro atoms. The molecule has 1 saturated carbocycles. The number of amides is 1. The Balaban J connectivity index is 1.62. The normalized spacial score (nSPS) is 15.4. The quantitative estimate of drug-likeness (QED) is 0.778. The van der Waals surface area contributed by atoms with Crippen molar-refractivity contribution in [1.29, 1.82) is 0 Å². The average Bonchev–Trinajstić information content (AvgIpc) is 2.83. The number of rotatable bonds is 5. The zero-order chi connectivity index (χ0) is 9.80. The fourth-order valence-electron chi connectivity index (χ4n) is 1.24. The Kier molecular flexibility index (Phi) is 3.16. The van der Waals surface area contributed by atoms with Crippen LogP contribution in [0.2, 0.25) is 0 Å². The van der Waals surface area contributed by atoms with Crippen LogP contribution in [0.25, 0.3) is 0 Å². The van der Waals surface area contributed by atoms with Crippen LogP contribution in [0.15, 0.2) is 16.8 Å². The molecule has 14 heavy (non-hydrogen) atoms. The maximum Gasteiger partial charge on any atom is 0.225 e. The van der Waals surface area contributed by atoms with Gasteiger partial charge in [0.15, 0.2) is 0 Å². The van der Waals surface area contributed by atoms with Crippen molar-refractivity contribution >= 4 is 22.9 Å². The van der Waals surface area contributed by atoms with Gasteiger partial charge in [0.25, 0.3) is 0 Å². The number of nitrogens with one attached hydrogen (secondary N) is 2. The highest BCUT2D eigenvalue weighted by atomic mass is 32.1. The monoisotopic (exact) mass is 210 g/mol. The Morgan fingerprint density at radius 3 is 3.07 bits per heavy atom. The minimum Gasteiger partial charge on any atom is -0.325 e. The molecule has 0 bridgehead atoms. The molecule has 0 atom stereocenters. The van der Waals surface area contributed by atoms with Crippen molar-refractivity contribution in [3.8, 4) is 0 Å². The predicted octanol–water partition coefficient (Wildman–Crippen LogP) is 1.83. The molecular formula is C10H14N2OS. The van der Waals surface area contributed by atoms with E-state index in [0.717, 1.165) is 12.2 Å². The molecule has 1 aliphatic carbocycles. The summed E-state index contributed by atoms with van der Waals surface area (Å²) < 4.78 is 0. The van der Waals surface area contributed by atoms with E-state index in [1.165, 1.54) is 12.8 Å². The van der Waals surface area contributed by atoms with Crippen molar-refractivity contribution < 1.29 is 4.79 Å². The molecule has 0 saturated heterocycles. The molecule has 1 aromatic rings. The summed E-state index contributed by atoms with van der Waals surface area (Å²) in [6.07, 6.45) is 3.10. The Morgan fingerprint density at radius 1 is 1.57 bits per heavy atom. The summed E-state index contributed by atoms with van der Waals surface area (Å²) in [5.41, 5.74) is 0.909. The van der Waals surface area contributed by atoms with Crippen LogP contribution in [0.4, 0.5) is 5.69 Å². The molecule has 0 aromatic carbocycles. The summed E-state index contributed by atoms with van der Waals surface area (Å²) in [4.78, 5) is 11.4. The van der Waals surface area contributed by atoms with Gasteiger partial charge in [-0.25, -0.2) is 0 Å². The maximum absolute atomic E-state index is 11.4. The first kappa shape index (κ1) is 9.68. The van der Waals surface area contributed by atoms with Gasteiger partial charge in [0, 0.05) is 24.4 Å². The average molecular weight is 210 g/mol. The van der Waals surface area contributed by atoms with E-state index in [1.54, 1.807) is 11.3 Å². The third-order valence-corrected chi connectivity index (χ3v) is 2.85. The van der Waals surface area contributed by atoms with Crippen LogP contribution in [-0.4, -0.2) is 18.5 Å². The van der Waals surface area contributed by atoms with Gasteiger partial charge in [-0.1, -0.05) is 0 Å². The Bertz CT molecular complexity index is 293. The lowest BCUT2D eigenvalue weighted by Gasteiger charge is -2.03. The summed E-state index contributed by atoms with van der Waals surface area (Å²) in [6, 6.07) is 2.60. The van der Waals surface area contributed by atoms with Gasteiger partial charge in [-0.15, -0.1) is 0 Å². The second-order valence-corrected chi connectivity index (χ2v) is 4.32. The van der Waals surface area contributed by atoms with Crippen LogP contribution >= 0.6 is 11.3 Å². The molecule has 76 valence electrons.